The average Bonchev–Trinajstić information content (AvgIpc) is 3.40. The van der Waals surface area contributed by atoms with Gasteiger partial charge >= 0.3 is 0 Å². The molecule has 5 aromatic rings. The number of benzene rings is 1. The van der Waals surface area contributed by atoms with Crippen LogP contribution in [0.15, 0.2) is 73.3 Å². The second kappa shape index (κ2) is 6.56. The van der Waals surface area contributed by atoms with E-state index < -0.39 is 0 Å². The number of rotatable bonds is 5. The summed E-state index contributed by atoms with van der Waals surface area (Å²) in [5.74, 6) is 0.601. The molecule has 0 bridgehead atoms. The number of anilines is 1. The molecule has 1 aromatic carbocycles. The molecule has 0 saturated heterocycles. The fourth-order valence-electron chi connectivity index (χ4n) is 3.87. The van der Waals surface area contributed by atoms with Crippen LogP contribution in [0.3, 0.4) is 0 Å². The maximum Gasteiger partial charge on any atom is 0.137 e. The van der Waals surface area contributed by atoms with Gasteiger partial charge in [-0.05, 0) is 60.7 Å². The normalized spacial score (nSPS) is 13.7. The van der Waals surface area contributed by atoms with Gasteiger partial charge in [0.1, 0.15) is 11.3 Å². The van der Waals surface area contributed by atoms with Crippen molar-refractivity contribution < 1.29 is 0 Å². The summed E-state index contributed by atoms with van der Waals surface area (Å²) in [6.07, 6.45) is 7.97. The minimum absolute atomic E-state index is 0.601. The fourth-order valence-corrected chi connectivity index (χ4v) is 3.87. The van der Waals surface area contributed by atoms with Crippen molar-refractivity contribution in [2.75, 3.05) is 5.32 Å². The summed E-state index contributed by atoms with van der Waals surface area (Å²) in [4.78, 5) is 12.2. The Morgan fingerprint density at radius 3 is 2.87 bits per heavy atom. The average molecular weight is 392 g/mol. The highest BCUT2D eigenvalue weighted by molar-refractivity contribution is 5.97. The summed E-state index contributed by atoms with van der Waals surface area (Å²) in [6.45, 7) is 4.15. The standard InChI is InChI=1S/C24H20N6/c1-14(15-4-5-15)27-19-9-18(12-25-13-19)16-6-7-21-20(10-16)23(30-29-21)22-11-17-3-2-8-26-24(17)28-22/h2-3,6-13,15,27H,1,4-5H2,(H,26,28)(H,29,30). The van der Waals surface area contributed by atoms with Gasteiger partial charge in [0, 0.05) is 34.4 Å². The van der Waals surface area contributed by atoms with Crippen LogP contribution in [0.4, 0.5) is 5.69 Å². The van der Waals surface area contributed by atoms with E-state index in [1.54, 1.807) is 6.20 Å². The highest BCUT2D eigenvalue weighted by Crippen LogP contribution is 2.36. The molecular formula is C24H20N6. The van der Waals surface area contributed by atoms with Gasteiger partial charge in [-0.1, -0.05) is 12.6 Å². The summed E-state index contributed by atoms with van der Waals surface area (Å²) in [5, 5.41) is 13.2. The fraction of sp³-hybridized carbons (Fsp3) is 0.125. The van der Waals surface area contributed by atoms with E-state index in [0.717, 1.165) is 55.8 Å². The van der Waals surface area contributed by atoms with Crippen molar-refractivity contribution in [2.24, 2.45) is 5.92 Å². The molecule has 0 atom stereocenters. The first-order valence-electron chi connectivity index (χ1n) is 10.1. The van der Waals surface area contributed by atoms with Crippen molar-refractivity contribution in [3.63, 3.8) is 0 Å². The lowest BCUT2D eigenvalue weighted by molar-refractivity contribution is 1.02. The van der Waals surface area contributed by atoms with Crippen LogP contribution in [-0.4, -0.2) is 25.1 Å². The number of nitrogens with zero attached hydrogens (tertiary/aromatic N) is 3. The smallest absolute Gasteiger partial charge is 0.137 e. The summed E-state index contributed by atoms with van der Waals surface area (Å²) < 4.78 is 0. The van der Waals surface area contributed by atoms with Crippen LogP contribution in [-0.2, 0) is 0 Å². The zero-order chi connectivity index (χ0) is 20.1. The van der Waals surface area contributed by atoms with Crippen LogP contribution >= 0.6 is 0 Å². The third kappa shape index (κ3) is 2.93. The van der Waals surface area contributed by atoms with Crippen molar-refractivity contribution in [1.29, 1.82) is 0 Å². The summed E-state index contributed by atoms with van der Waals surface area (Å²) in [7, 11) is 0. The number of fused-ring (bicyclic) bond motifs is 2. The Hall–Kier alpha value is -3.93. The molecule has 0 radical (unpaired) electrons. The Bertz CT molecular complexity index is 1370. The zero-order valence-electron chi connectivity index (χ0n) is 16.3. The van der Waals surface area contributed by atoms with Gasteiger partial charge in [-0.15, -0.1) is 0 Å². The number of aromatic nitrogens is 5. The SMILES string of the molecule is C=C(Nc1cncc(-c2ccc3[nH]nc(-c4cc5cccnc5[nH]4)c3c2)c1)C1CC1. The summed E-state index contributed by atoms with van der Waals surface area (Å²) >= 11 is 0. The van der Waals surface area contributed by atoms with Gasteiger partial charge in [-0.3, -0.25) is 10.1 Å². The first-order chi connectivity index (χ1) is 14.7. The summed E-state index contributed by atoms with van der Waals surface area (Å²) in [6, 6.07) is 14.5. The lowest BCUT2D eigenvalue weighted by Gasteiger charge is -2.10. The Morgan fingerprint density at radius 1 is 1.07 bits per heavy atom. The van der Waals surface area contributed by atoms with Crippen molar-refractivity contribution in [2.45, 2.75) is 12.8 Å². The zero-order valence-corrected chi connectivity index (χ0v) is 16.3. The van der Waals surface area contributed by atoms with Crippen molar-refractivity contribution >= 4 is 27.6 Å². The molecule has 1 saturated carbocycles. The van der Waals surface area contributed by atoms with E-state index in [1.807, 2.05) is 24.5 Å². The third-order valence-corrected chi connectivity index (χ3v) is 5.66. The molecule has 0 spiro atoms. The van der Waals surface area contributed by atoms with Gasteiger partial charge < -0.3 is 10.3 Å². The first kappa shape index (κ1) is 17.0. The van der Waals surface area contributed by atoms with Crippen LogP contribution < -0.4 is 5.32 Å². The summed E-state index contributed by atoms with van der Waals surface area (Å²) in [5.41, 5.74) is 7.87. The molecule has 6 heteroatoms. The van der Waals surface area contributed by atoms with Crippen molar-refractivity contribution in [1.82, 2.24) is 25.1 Å². The first-order valence-corrected chi connectivity index (χ1v) is 10.1. The van der Waals surface area contributed by atoms with Crippen LogP contribution in [0.25, 0.3) is 44.5 Å². The van der Waals surface area contributed by atoms with Crippen LogP contribution in [0.2, 0.25) is 0 Å². The Kier molecular flexibility index (Phi) is 3.71. The molecule has 30 heavy (non-hydrogen) atoms. The number of hydrogen-bond acceptors (Lipinski definition) is 4. The molecule has 6 rings (SSSR count). The number of hydrogen-bond donors (Lipinski definition) is 3. The van der Waals surface area contributed by atoms with E-state index in [2.05, 4.69) is 67.4 Å². The van der Waals surface area contributed by atoms with Gasteiger partial charge in [-0.2, -0.15) is 5.10 Å². The van der Waals surface area contributed by atoms with Gasteiger partial charge in [0.15, 0.2) is 0 Å². The van der Waals surface area contributed by atoms with Crippen molar-refractivity contribution in [3.05, 3.63) is 73.3 Å². The van der Waals surface area contributed by atoms with E-state index in [9.17, 15) is 0 Å². The molecule has 1 aliphatic carbocycles. The second-order valence-electron chi connectivity index (χ2n) is 7.84. The number of aromatic amines is 2. The largest absolute Gasteiger partial charge is 0.358 e. The van der Waals surface area contributed by atoms with E-state index in [0.29, 0.717) is 5.92 Å². The molecule has 1 aliphatic rings. The van der Waals surface area contributed by atoms with Crippen molar-refractivity contribution in [3.8, 4) is 22.5 Å². The number of allylic oxidation sites excluding steroid dienone is 1. The predicted molar refractivity (Wildman–Crippen MR) is 120 cm³/mol. The molecule has 0 aliphatic heterocycles. The molecule has 0 amide bonds. The monoisotopic (exact) mass is 392 g/mol. The topological polar surface area (TPSA) is 82.3 Å². The number of pyridine rings is 2. The second-order valence-corrected chi connectivity index (χ2v) is 7.84. The minimum Gasteiger partial charge on any atom is -0.358 e. The molecule has 4 heterocycles. The van der Waals surface area contributed by atoms with E-state index >= 15 is 0 Å². The molecular weight excluding hydrogens is 372 g/mol. The number of nitrogens with one attached hydrogen (secondary N) is 3. The number of H-pyrrole nitrogens is 2. The van der Waals surface area contributed by atoms with Gasteiger partial charge in [0.25, 0.3) is 0 Å². The predicted octanol–water partition coefficient (Wildman–Crippen LogP) is 5.50. The lowest BCUT2D eigenvalue weighted by atomic mass is 10.0. The lowest BCUT2D eigenvalue weighted by Crippen LogP contribution is -2.00. The van der Waals surface area contributed by atoms with E-state index in [1.165, 1.54) is 12.8 Å². The van der Waals surface area contributed by atoms with Crippen LogP contribution in [0.5, 0.6) is 0 Å². The highest BCUT2D eigenvalue weighted by atomic mass is 15.1. The Labute approximate surface area is 173 Å². The maximum absolute atomic E-state index is 4.56. The Balaban J connectivity index is 1.40. The molecule has 3 N–H and O–H groups in total. The van der Waals surface area contributed by atoms with E-state index in [-0.39, 0.29) is 0 Å². The quantitative estimate of drug-likeness (QED) is 0.369. The van der Waals surface area contributed by atoms with Crippen LogP contribution in [0.1, 0.15) is 12.8 Å². The highest BCUT2D eigenvalue weighted by Gasteiger charge is 2.24. The Morgan fingerprint density at radius 2 is 2.00 bits per heavy atom. The molecule has 6 nitrogen and oxygen atoms in total. The van der Waals surface area contributed by atoms with Gasteiger partial charge in [0.05, 0.1) is 23.1 Å². The molecule has 4 aromatic heterocycles. The van der Waals surface area contributed by atoms with Gasteiger partial charge in [-0.25, -0.2) is 4.98 Å². The molecule has 146 valence electrons. The maximum atomic E-state index is 4.56. The van der Waals surface area contributed by atoms with Crippen LogP contribution in [0, 0.1) is 5.92 Å². The molecule has 0 unspecified atom stereocenters. The van der Waals surface area contributed by atoms with Gasteiger partial charge in [0.2, 0.25) is 0 Å². The third-order valence-electron chi connectivity index (χ3n) is 5.66. The van der Waals surface area contributed by atoms with E-state index in [4.69, 9.17) is 0 Å². The minimum atomic E-state index is 0.601. The molecule has 1 fully saturated rings.